The van der Waals surface area contributed by atoms with Gasteiger partial charge in [-0.25, -0.2) is 9.98 Å². The number of hydrogen-bond acceptors (Lipinski definition) is 3. The van der Waals surface area contributed by atoms with E-state index in [1.165, 1.54) is 0 Å². The van der Waals surface area contributed by atoms with Gasteiger partial charge in [-0.2, -0.15) is 0 Å². The zero-order valence-electron chi connectivity index (χ0n) is 14.5. The van der Waals surface area contributed by atoms with E-state index in [2.05, 4.69) is 38.2 Å². The first-order chi connectivity index (χ1) is 11.8. The van der Waals surface area contributed by atoms with E-state index in [0.29, 0.717) is 6.54 Å². The molecule has 0 aliphatic rings. The highest BCUT2D eigenvalue weighted by atomic mass is 127. The largest absolute Gasteiger partial charge is 0.467 e. The van der Waals surface area contributed by atoms with Crippen LogP contribution in [0.2, 0.25) is 0 Å². The first kappa shape index (κ1) is 19.3. The Bertz CT molecular complexity index is 810. The normalized spacial score (nSPS) is 11.4. The molecule has 134 valence electrons. The van der Waals surface area contributed by atoms with Crippen LogP contribution in [-0.4, -0.2) is 28.6 Å². The molecule has 2 heterocycles. The van der Waals surface area contributed by atoms with Gasteiger partial charge < -0.3 is 19.6 Å². The molecule has 0 bridgehead atoms. The van der Waals surface area contributed by atoms with Crippen LogP contribution in [0.1, 0.15) is 18.5 Å². The van der Waals surface area contributed by atoms with Gasteiger partial charge in [0.15, 0.2) is 5.96 Å². The van der Waals surface area contributed by atoms with Gasteiger partial charge in [-0.05, 0) is 38.1 Å². The third-order valence-electron chi connectivity index (χ3n) is 3.79. The summed E-state index contributed by atoms with van der Waals surface area (Å²) in [5.74, 6) is 2.66. The van der Waals surface area contributed by atoms with Crippen molar-refractivity contribution in [3.05, 3.63) is 54.2 Å². The van der Waals surface area contributed by atoms with Crippen molar-refractivity contribution in [1.29, 1.82) is 0 Å². The fourth-order valence-electron chi connectivity index (χ4n) is 2.67. The quantitative estimate of drug-likeness (QED) is 0.342. The smallest absolute Gasteiger partial charge is 0.191 e. The standard InChI is InChI=1S/C18H23N5O.HI/c1-3-19-18(21-13-15-7-6-12-24-15)20-10-11-23-14(2)22-16-8-4-5-9-17(16)23;/h4-9,12H,3,10-11,13H2,1-2H3,(H2,19,20,21);1H. The van der Waals surface area contributed by atoms with E-state index in [4.69, 9.17) is 4.42 Å². The fraction of sp³-hybridized carbons (Fsp3) is 0.333. The van der Waals surface area contributed by atoms with E-state index in [0.717, 1.165) is 48.2 Å². The number of halogens is 1. The summed E-state index contributed by atoms with van der Waals surface area (Å²) in [5, 5.41) is 6.61. The second kappa shape index (κ2) is 9.45. The molecular formula is C18H24IN5O. The van der Waals surface area contributed by atoms with Crippen LogP contribution in [0.3, 0.4) is 0 Å². The lowest BCUT2D eigenvalue weighted by Gasteiger charge is -2.12. The topological polar surface area (TPSA) is 67.4 Å². The molecule has 0 fully saturated rings. The van der Waals surface area contributed by atoms with Crippen molar-refractivity contribution in [2.75, 3.05) is 13.1 Å². The molecule has 3 aromatic rings. The Balaban J connectivity index is 0.00000225. The number of aromatic nitrogens is 2. The van der Waals surface area contributed by atoms with E-state index in [1.54, 1.807) is 6.26 Å². The van der Waals surface area contributed by atoms with Crippen LogP contribution in [0.5, 0.6) is 0 Å². The zero-order valence-corrected chi connectivity index (χ0v) is 16.9. The van der Waals surface area contributed by atoms with Crippen LogP contribution in [-0.2, 0) is 13.1 Å². The summed E-state index contributed by atoms with van der Waals surface area (Å²) >= 11 is 0. The van der Waals surface area contributed by atoms with Gasteiger partial charge in [0.1, 0.15) is 18.1 Å². The summed E-state index contributed by atoms with van der Waals surface area (Å²) in [6.07, 6.45) is 1.66. The van der Waals surface area contributed by atoms with Crippen LogP contribution < -0.4 is 10.6 Å². The number of nitrogens with one attached hydrogen (secondary N) is 2. The predicted octanol–water partition coefficient (Wildman–Crippen LogP) is 3.31. The van der Waals surface area contributed by atoms with Crippen molar-refractivity contribution < 1.29 is 4.42 Å². The highest BCUT2D eigenvalue weighted by Gasteiger charge is 2.06. The fourth-order valence-corrected chi connectivity index (χ4v) is 2.67. The van der Waals surface area contributed by atoms with Gasteiger partial charge in [0.05, 0.1) is 17.3 Å². The van der Waals surface area contributed by atoms with Crippen molar-refractivity contribution in [3.63, 3.8) is 0 Å². The summed E-state index contributed by atoms with van der Waals surface area (Å²) in [7, 11) is 0. The molecule has 7 heteroatoms. The number of hydrogen-bond donors (Lipinski definition) is 2. The number of aliphatic imine (C=N–C) groups is 1. The Hall–Kier alpha value is -2.03. The molecule has 0 aliphatic heterocycles. The van der Waals surface area contributed by atoms with Gasteiger partial charge in [0, 0.05) is 19.6 Å². The van der Waals surface area contributed by atoms with Crippen molar-refractivity contribution in [1.82, 2.24) is 20.2 Å². The van der Waals surface area contributed by atoms with Gasteiger partial charge in [-0.3, -0.25) is 0 Å². The number of benzene rings is 1. The zero-order chi connectivity index (χ0) is 16.8. The number of guanidine groups is 1. The molecule has 0 unspecified atom stereocenters. The molecule has 0 saturated heterocycles. The molecule has 25 heavy (non-hydrogen) atoms. The van der Waals surface area contributed by atoms with Crippen molar-refractivity contribution in [3.8, 4) is 0 Å². The van der Waals surface area contributed by atoms with Gasteiger partial charge in [-0.1, -0.05) is 12.1 Å². The molecule has 6 nitrogen and oxygen atoms in total. The van der Waals surface area contributed by atoms with Crippen LogP contribution >= 0.6 is 24.0 Å². The van der Waals surface area contributed by atoms with Gasteiger partial charge in [0.25, 0.3) is 0 Å². The maximum absolute atomic E-state index is 5.31. The molecule has 0 aliphatic carbocycles. The SMILES string of the molecule is CCNC(=NCc1ccco1)NCCn1c(C)nc2ccccc21.I. The number of fused-ring (bicyclic) bond motifs is 1. The molecule has 0 atom stereocenters. The second-order valence-corrected chi connectivity index (χ2v) is 5.50. The van der Waals surface area contributed by atoms with E-state index < -0.39 is 0 Å². The van der Waals surface area contributed by atoms with Gasteiger partial charge in [-0.15, -0.1) is 24.0 Å². The second-order valence-electron chi connectivity index (χ2n) is 5.50. The molecule has 1 aromatic carbocycles. The number of nitrogens with zero attached hydrogens (tertiary/aromatic N) is 3. The number of furan rings is 1. The lowest BCUT2D eigenvalue weighted by Crippen LogP contribution is -2.38. The predicted molar refractivity (Wildman–Crippen MR) is 111 cm³/mol. The van der Waals surface area contributed by atoms with Gasteiger partial charge in [0.2, 0.25) is 0 Å². The van der Waals surface area contributed by atoms with Gasteiger partial charge >= 0.3 is 0 Å². The Morgan fingerprint density at radius 1 is 1.20 bits per heavy atom. The van der Waals surface area contributed by atoms with E-state index >= 15 is 0 Å². The van der Waals surface area contributed by atoms with Crippen LogP contribution in [0.15, 0.2) is 52.1 Å². The molecular weight excluding hydrogens is 429 g/mol. The minimum Gasteiger partial charge on any atom is -0.467 e. The molecule has 0 saturated carbocycles. The summed E-state index contributed by atoms with van der Waals surface area (Å²) < 4.78 is 7.53. The monoisotopic (exact) mass is 453 g/mol. The Morgan fingerprint density at radius 2 is 2.04 bits per heavy atom. The van der Waals surface area contributed by atoms with Crippen LogP contribution in [0.25, 0.3) is 11.0 Å². The molecule has 3 rings (SSSR count). The van der Waals surface area contributed by atoms with Crippen molar-refractivity contribution >= 4 is 41.0 Å². The number of para-hydroxylation sites is 2. The summed E-state index contributed by atoms with van der Waals surface area (Å²) in [4.78, 5) is 9.13. The minimum atomic E-state index is 0. The van der Waals surface area contributed by atoms with Crippen LogP contribution in [0.4, 0.5) is 0 Å². The minimum absolute atomic E-state index is 0. The maximum Gasteiger partial charge on any atom is 0.191 e. The average molecular weight is 453 g/mol. The van der Waals surface area contributed by atoms with E-state index in [9.17, 15) is 0 Å². The highest BCUT2D eigenvalue weighted by molar-refractivity contribution is 14.0. The van der Waals surface area contributed by atoms with Crippen molar-refractivity contribution in [2.24, 2.45) is 4.99 Å². The Kier molecular flexibility index (Phi) is 7.30. The third-order valence-corrected chi connectivity index (χ3v) is 3.79. The average Bonchev–Trinajstić information content (AvgIpc) is 3.20. The molecule has 2 aromatic heterocycles. The number of rotatable bonds is 6. The van der Waals surface area contributed by atoms with Crippen molar-refractivity contribution in [2.45, 2.75) is 26.9 Å². The molecule has 2 N–H and O–H groups in total. The first-order valence-electron chi connectivity index (χ1n) is 8.24. The Labute approximate surface area is 164 Å². The third kappa shape index (κ3) is 4.97. The maximum atomic E-state index is 5.31. The van der Waals surface area contributed by atoms with E-state index in [-0.39, 0.29) is 24.0 Å². The first-order valence-corrected chi connectivity index (χ1v) is 8.24. The Morgan fingerprint density at radius 3 is 2.80 bits per heavy atom. The highest BCUT2D eigenvalue weighted by Crippen LogP contribution is 2.14. The molecule has 0 spiro atoms. The summed E-state index contributed by atoms with van der Waals surface area (Å²) in [5.41, 5.74) is 2.20. The summed E-state index contributed by atoms with van der Waals surface area (Å²) in [6.45, 7) is 7.03. The number of imidazole rings is 1. The lowest BCUT2D eigenvalue weighted by atomic mass is 10.3. The molecule has 0 radical (unpaired) electrons. The lowest BCUT2D eigenvalue weighted by molar-refractivity contribution is 0.511. The van der Waals surface area contributed by atoms with E-state index in [1.807, 2.05) is 37.3 Å². The van der Waals surface area contributed by atoms with Crippen LogP contribution in [0, 0.1) is 6.92 Å². The summed E-state index contributed by atoms with van der Waals surface area (Å²) in [6, 6.07) is 12.0. The molecule has 0 amide bonds. The number of aryl methyl sites for hydroxylation is 1.